The quantitative estimate of drug-likeness (QED) is 0.870. The monoisotopic (exact) mass is 249 g/mol. The molecule has 1 N–H and O–H groups in total. The van der Waals surface area contributed by atoms with Crippen LogP contribution in [-0.4, -0.2) is 18.7 Å². The van der Waals surface area contributed by atoms with Crippen molar-refractivity contribution in [1.29, 1.82) is 0 Å². The van der Waals surface area contributed by atoms with Gasteiger partial charge in [-0.05, 0) is 6.07 Å². The Balaban J connectivity index is 2.23. The van der Waals surface area contributed by atoms with Crippen LogP contribution in [0.2, 0.25) is 0 Å². The van der Waals surface area contributed by atoms with Crippen LogP contribution in [0.3, 0.4) is 0 Å². The van der Waals surface area contributed by atoms with Crippen LogP contribution in [0, 0.1) is 0 Å². The molecule has 6 heteroatoms. The van der Waals surface area contributed by atoms with Crippen LogP contribution in [0.4, 0.5) is 13.2 Å². The van der Waals surface area contributed by atoms with Gasteiger partial charge in [-0.1, -0.05) is 18.2 Å². The van der Waals surface area contributed by atoms with Crippen molar-refractivity contribution in [3.63, 3.8) is 0 Å². The van der Waals surface area contributed by atoms with E-state index in [9.17, 15) is 13.2 Å². The summed E-state index contributed by atoms with van der Waals surface area (Å²) in [5.74, 6) is 0.771. The van der Waals surface area contributed by atoms with E-state index < -0.39 is 6.36 Å². The lowest BCUT2D eigenvalue weighted by molar-refractivity contribution is -0.274. The van der Waals surface area contributed by atoms with Gasteiger partial charge in [-0.3, -0.25) is 0 Å². The summed E-state index contributed by atoms with van der Waals surface area (Å²) in [5, 5.41) is 3.00. The average Bonchev–Trinajstić information content (AvgIpc) is 2.69. The summed E-state index contributed by atoms with van der Waals surface area (Å²) in [7, 11) is 0. The highest BCUT2D eigenvalue weighted by atomic mass is 32.2. The fourth-order valence-electron chi connectivity index (χ4n) is 1.54. The molecule has 1 aromatic rings. The summed E-state index contributed by atoms with van der Waals surface area (Å²) in [4.78, 5) is 0. The minimum Gasteiger partial charge on any atom is -0.405 e. The molecule has 0 bridgehead atoms. The molecule has 16 heavy (non-hydrogen) atoms. The maximum Gasteiger partial charge on any atom is 0.573 e. The molecule has 1 fully saturated rings. The molecule has 1 aliphatic heterocycles. The molecular weight excluding hydrogens is 239 g/mol. The smallest absolute Gasteiger partial charge is 0.405 e. The lowest BCUT2D eigenvalue weighted by Gasteiger charge is -2.16. The zero-order valence-corrected chi connectivity index (χ0v) is 9.07. The van der Waals surface area contributed by atoms with Crippen molar-refractivity contribution in [2.24, 2.45) is 0 Å². The molecule has 88 valence electrons. The Labute approximate surface area is 95.2 Å². The minimum atomic E-state index is -4.64. The summed E-state index contributed by atoms with van der Waals surface area (Å²) in [6.45, 7) is 0.801. The van der Waals surface area contributed by atoms with Gasteiger partial charge in [-0.15, -0.1) is 24.9 Å². The minimum absolute atomic E-state index is 0.112. The van der Waals surface area contributed by atoms with Gasteiger partial charge in [0.1, 0.15) is 5.75 Å². The molecule has 0 radical (unpaired) electrons. The highest BCUT2D eigenvalue weighted by Crippen LogP contribution is 2.37. The van der Waals surface area contributed by atoms with Crippen LogP contribution in [0.1, 0.15) is 10.9 Å². The van der Waals surface area contributed by atoms with Crippen LogP contribution in [0.15, 0.2) is 24.3 Å². The van der Waals surface area contributed by atoms with E-state index in [0.717, 1.165) is 12.3 Å². The second kappa shape index (κ2) is 4.55. The van der Waals surface area contributed by atoms with Gasteiger partial charge < -0.3 is 10.1 Å². The lowest BCUT2D eigenvalue weighted by Crippen LogP contribution is -2.20. The number of para-hydroxylation sites is 1. The number of hydrogen-bond donors (Lipinski definition) is 1. The van der Waals surface area contributed by atoms with Crippen molar-refractivity contribution in [1.82, 2.24) is 5.32 Å². The predicted octanol–water partition coefficient (Wildman–Crippen LogP) is 2.92. The van der Waals surface area contributed by atoms with Gasteiger partial charge in [-0.2, -0.15) is 0 Å². The summed E-state index contributed by atoms with van der Waals surface area (Å²) in [6.07, 6.45) is -4.64. The van der Waals surface area contributed by atoms with E-state index in [0.29, 0.717) is 5.56 Å². The third-order valence-electron chi connectivity index (χ3n) is 2.14. The maximum absolute atomic E-state index is 12.2. The Morgan fingerprint density at radius 2 is 2.06 bits per heavy atom. The van der Waals surface area contributed by atoms with Gasteiger partial charge in [0.05, 0.1) is 5.37 Å². The third kappa shape index (κ3) is 2.82. The topological polar surface area (TPSA) is 21.3 Å². The first-order valence-electron chi connectivity index (χ1n) is 4.76. The molecule has 0 saturated carbocycles. The fraction of sp³-hybridized carbons (Fsp3) is 0.400. The Hall–Kier alpha value is -0.880. The number of ether oxygens (including phenoxy) is 1. The van der Waals surface area contributed by atoms with Gasteiger partial charge in [0.15, 0.2) is 0 Å². The molecule has 2 rings (SSSR count). The van der Waals surface area contributed by atoms with E-state index in [1.54, 1.807) is 23.9 Å². The van der Waals surface area contributed by atoms with Crippen molar-refractivity contribution in [2.45, 2.75) is 11.7 Å². The number of hydrogen-bond acceptors (Lipinski definition) is 3. The Morgan fingerprint density at radius 1 is 1.31 bits per heavy atom. The van der Waals surface area contributed by atoms with Gasteiger partial charge in [-0.25, -0.2) is 0 Å². The zero-order chi connectivity index (χ0) is 11.6. The van der Waals surface area contributed by atoms with E-state index in [2.05, 4.69) is 10.1 Å². The van der Waals surface area contributed by atoms with Crippen LogP contribution >= 0.6 is 11.8 Å². The third-order valence-corrected chi connectivity index (χ3v) is 3.34. The van der Waals surface area contributed by atoms with E-state index >= 15 is 0 Å². The second-order valence-electron chi connectivity index (χ2n) is 3.29. The van der Waals surface area contributed by atoms with Crippen LogP contribution in [0.5, 0.6) is 5.75 Å². The van der Waals surface area contributed by atoms with Crippen LogP contribution < -0.4 is 10.1 Å². The molecular formula is C10H10F3NOS. The number of nitrogens with one attached hydrogen (secondary N) is 1. The fourth-order valence-corrected chi connectivity index (χ4v) is 2.62. The number of rotatable bonds is 2. The van der Waals surface area contributed by atoms with Crippen molar-refractivity contribution in [3.8, 4) is 5.75 Å². The molecule has 0 aromatic heterocycles. The predicted molar refractivity (Wildman–Crippen MR) is 56.3 cm³/mol. The SMILES string of the molecule is FC(F)(F)Oc1ccccc1[C@@H]1NCCS1. The highest BCUT2D eigenvalue weighted by Gasteiger charge is 2.33. The molecule has 1 aliphatic rings. The van der Waals surface area contributed by atoms with E-state index in [4.69, 9.17) is 0 Å². The van der Waals surface area contributed by atoms with Crippen LogP contribution in [0.25, 0.3) is 0 Å². The van der Waals surface area contributed by atoms with E-state index in [1.807, 2.05) is 0 Å². The molecule has 2 nitrogen and oxygen atoms in total. The summed E-state index contributed by atoms with van der Waals surface area (Å²) in [5.41, 5.74) is 0.544. The molecule has 1 atom stereocenters. The average molecular weight is 249 g/mol. The molecule has 0 amide bonds. The van der Waals surface area contributed by atoms with E-state index in [-0.39, 0.29) is 11.1 Å². The van der Waals surface area contributed by atoms with Crippen molar-refractivity contribution in [2.75, 3.05) is 12.3 Å². The molecule has 0 spiro atoms. The zero-order valence-electron chi connectivity index (χ0n) is 8.25. The van der Waals surface area contributed by atoms with Crippen molar-refractivity contribution >= 4 is 11.8 Å². The summed E-state index contributed by atoms with van der Waals surface area (Å²) in [6, 6.07) is 6.23. The second-order valence-corrected chi connectivity index (χ2v) is 4.50. The molecule has 1 heterocycles. The van der Waals surface area contributed by atoms with Gasteiger partial charge >= 0.3 is 6.36 Å². The number of alkyl halides is 3. The first kappa shape index (κ1) is 11.6. The number of thioether (sulfide) groups is 1. The molecule has 1 saturated heterocycles. The van der Waals surface area contributed by atoms with Gasteiger partial charge in [0.25, 0.3) is 0 Å². The Morgan fingerprint density at radius 3 is 2.69 bits per heavy atom. The normalized spacial score (nSPS) is 21.1. The van der Waals surface area contributed by atoms with Gasteiger partial charge in [0.2, 0.25) is 0 Å². The highest BCUT2D eigenvalue weighted by molar-refractivity contribution is 7.99. The Kier molecular flexibility index (Phi) is 3.30. The largest absolute Gasteiger partial charge is 0.573 e. The summed E-state index contributed by atoms with van der Waals surface area (Å²) < 4.78 is 40.5. The first-order chi connectivity index (χ1) is 7.56. The first-order valence-corrected chi connectivity index (χ1v) is 5.81. The maximum atomic E-state index is 12.2. The van der Waals surface area contributed by atoms with E-state index in [1.165, 1.54) is 12.1 Å². The molecule has 1 aromatic carbocycles. The molecule has 0 aliphatic carbocycles. The van der Waals surface area contributed by atoms with Crippen LogP contribution in [-0.2, 0) is 0 Å². The van der Waals surface area contributed by atoms with Gasteiger partial charge in [0, 0.05) is 17.9 Å². The number of halogens is 3. The molecule has 0 unspecified atom stereocenters. The van der Waals surface area contributed by atoms with Crippen molar-refractivity contribution in [3.05, 3.63) is 29.8 Å². The Bertz CT molecular complexity index is 363. The summed E-state index contributed by atoms with van der Waals surface area (Å²) >= 11 is 1.58. The number of benzene rings is 1. The standard InChI is InChI=1S/C10H10F3NOS/c11-10(12,13)15-8-4-2-1-3-7(8)9-14-5-6-16-9/h1-4,9,14H,5-6H2/t9-/m1/s1. The van der Waals surface area contributed by atoms with Crippen molar-refractivity contribution < 1.29 is 17.9 Å². The lowest BCUT2D eigenvalue weighted by atomic mass is 10.2.